The fourth-order valence-electron chi connectivity index (χ4n) is 4.85. The second kappa shape index (κ2) is 10.5. The Morgan fingerprint density at radius 3 is 2.62 bits per heavy atom. The quantitative estimate of drug-likeness (QED) is 0.551. The number of hydrogen-bond donors (Lipinski definition) is 3. The number of aliphatic hydroxyl groups is 1. The third-order valence-electron chi connectivity index (χ3n) is 6.83. The zero-order valence-electron chi connectivity index (χ0n) is 19.9. The first kappa shape index (κ1) is 24.2. The summed E-state index contributed by atoms with van der Waals surface area (Å²) in [5, 5.41) is 16.8. The Bertz CT molecular complexity index is 996. The van der Waals surface area contributed by atoms with E-state index in [-0.39, 0.29) is 24.4 Å². The van der Waals surface area contributed by atoms with Gasteiger partial charge in [0.05, 0.1) is 24.8 Å². The molecule has 1 aromatic carbocycles. The highest BCUT2D eigenvalue weighted by atomic mass is 16.5. The molecule has 1 saturated carbocycles. The Morgan fingerprint density at radius 2 is 1.97 bits per heavy atom. The third kappa shape index (κ3) is 5.74. The van der Waals surface area contributed by atoms with Crippen LogP contribution in [0.3, 0.4) is 0 Å². The van der Waals surface area contributed by atoms with Gasteiger partial charge >= 0.3 is 0 Å². The number of aryl methyl sites for hydroxylation is 1. The molecule has 2 aromatic rings. The second-order valence-corrected chi connectivity index (χ2v) is 9.35. The van der Waals surface area contributed by atoms with Crippen LogP contribution >= 0.6 is 0 Å². The van der Waals surface area contributed by atoms with E-state index in [0.29, 0.717) is 36.9 Å². The second-order valence-electron chi connectivity index (χ2n) is 9.35. The third-order valence-corrected chi connectivity index (χ3v) is 6.83. The number of likely N-dealkylation sites (tertiary alicyclic amines) is 1. The lowest BCUT2D eigenvalue weighted by molar-refractivity contribution is -0.122. The SMILES string of the molecule is CCOc1ccc(C2(O)CCC(N3CC(NC(=O)CNC(=O)c4cccc(C)c4)C3)CC2)cn1. The molecule has 1 aliphatic carbocycles. The van der Waals surface area contributed by atoms with E-state index in [1.54, 1.807) is 18.3 Å². The minimum absolute atomic E-state index is 0.0319. The molecule has 0 atom stereocenters. The lowest BCUT2D eigenvalue weighted by atomic mass is 9.77. The number of benzene rings is 1. The molecule has 1 aliphatic heterocycles. The van der Waals surface area contributed by atoms with Crippen molar-refractivity contribution in [1.82, 2.24) is 20.5 Å². The maximum absolute atomic E-state index is 12.2. The molecule has 2 heterocycles. The molecular formula is C26H34N4O4. The fraction of sp³-hybridized carbons (Fsp3) is 0.500. The van der Waals surface area contributed by atoms with E-state index in [9.17, 15) is 14.7 Å². The van der Waals surface area contributed by atoms with Crippen molar-refractivity contribution in [3.05, 3.63) is 59.3 Å². The molecular weight excluding hydrogens is 432 g/mol. The van der Waals surface area contributed by atoms with Crippen LogP contribution in [0.25, 0.3) is 0 Å². The number of rotatable bonds is 8. The van der Waals surface area contributed by atoms with Gasteiger partial charge in [0, 0.05) is 42.5 Å². The summed E-state index contributed by atoms with van der Waals surface area (Å²) in [5.41, 5.74) is 1.56. The number of carbonyl (C=O) groups is 2. The van der Waals surface area contributed by atoms with Crippen molar-refractivity contribution in [1.29, 1.82) is 0 Å². The lowest BCUT2D eigenvalue weighted by Crippen LogP contribution is -2.63. The van der Waals surface area contributed by atoms with Crippen LogP contribution < -0.4 is 15.4 Å². The van der Waals surface area contributed by atoms with Crippen molar-refractivity contribution in [3.8, 4) is 5.88 Å². The molecule has 8 nitrogen and oxygen atoms in total. The van der Waals surface area contributed by atoms with Gasteiger partial charge in [-0.15, -0.1) is 0 Å². The molecule has 4 rings (SSSR count). The number of aromatic nitrogens is 1. The van der Waals surface area contributed by atoms with Gasteiger partial charge in [0.1, 0.15) is 0 Å². The Labute approximate surface area is 200 Å². The molecule has 2 aliphatic rings. The van der Waals surface area contributed by atoms with Crippen LogP contribution in [0.2, 0.25) is 0 Å². The maximum Gasteiger partial charge on any atom is 0.251 e. The summed E-state index contributed by atoms with van der Waals surface area (Å²) in [6.45, 7) is 5.97. The van der Waals surface area contributed by atoms with Gasteiger partial charge < -0.3 is 20.5 Å². The number of ether oxygens (including phenoxy) is 1. The Hall–Kier alpha value is -2.97. The van der Waals surface area contributed by atoms with E-state index < -0.39 is 5.60 Å². The molecule has 0 radical (unpaired) electrons. The molecule has 8 heteroatoms. The summed E-state index contributed by atoms with van der Waals surface area (Å²) in [6, 6.07) is 11.5. The lowest BCUT2D eigenvalue weighted by Gasteiger charge is -2.48. The topological polar surface area (TPSA) is 104 Å². The molecule has 0 unspecified atom stereocenters. The average molecular weight is 467 g/mol. The van der Waals surface area contributed by atoms with Crippen LogP contribution in [0, 0.1) is 6.92 Å². The number of carbonyl (C=O) groups excluding carboxylic acids is 2. The van der Waals surface area contributed by atoms with E-state index >= 15 is 0 Å². The number of hydrogen-bond acceptors (Lipinski definition) is 6. The van der Waals surface area contributed by atoms with Crippen LogP contribution in [-0.2, 0) is 10.4 Å². The van der Waals surface area contributed by atoms with Crippen LogP contribution in [-0.4, -0.2) is 65.1 Å². The molecule has 0 bridgehead atoms. The van der Waals surface area contributed by atoms with E-state index in [1.165, 1.54) is 0 Å². The average Bonchev–Trinajstić information content (AvgIpc) is 2.81. The van der Waals surface area contributed by atoms with Crippen molar-refractivity contribution in [2.24, 2.45) is 0 Å². The largest absolute Gasteiger partial charge is 0.478 e. The minimum atomic E-state index is -0.845. The van der Waals surface area contributed by atoms with E-state index in [0.717, 1.165) is 37.1 Å². The van der Waals surface area contributed by atoms with Crippen molar-refractivity contribution >= 4 is 11.8 Å². The first-order valence-electron chi connectivity index (χ1n) is 12.1. The van der Waals surface area contributed by atoms with Crippen LogP contribution in [0.5, 0.6) is 5.88 Å². The summed E-state index contributed by atoms with van der Waals surface area (Å²) in [7, 11) is 0. The molecule has 1 aromatic heterocycles. The van der Waals surface area contributed by atoms with E-state index in [1.807, 2.05) is 38.1 Å². The molecule has 2 fully saturated rings. The molecule has 34 heavy (non-hydrogen) atoms. The number of nitrogens with one attached hydrogen (secondary N) is 2. The zero-order valence-corrected chi connectivity index (χ0v) is 19.9. The van der Waals surface area contributed by atoms with E-state index in [2.05, 4.69) is 20.5 Å². The Balaban J connectivity index is 1.17. The molecule has 182 valence electrons. The van der Waals surface area contributed by atoms with Crippen molar-refractivity contribution in [2.45, 2.75) is 57.2 Å². The normalized spacial score (nSPS) is 23.1. The molecule has 0 spiro atoms. The molecule has 2 amide bonds. The Morgan fingerprint density at radius 1 is 1.21 bits per heavy atom. The van der Waals surface area contributed by atoms with Gasteiger partial charge in [-0.3, -0.25) is 14.5 Å². The predicted octanol–water partition coefficient (Wildman–Crippen LogP) is 2.15. The molecule has 1 saturated heterocycles. The first-order chi connectivity index (χ1) is 16.4. The fourth-order valence-corrected chi connectivity index (χ4v) is 4.85. The van der Waals surface area contributed by atoms with Gasteiger partial charge in [-0.1, -0.05) is 17.7 Å². The summed E-state index contributed by atoms with van der Waals surface area (Å²) in [4.78, 5) is 31.1. The smallest absolute Gasteiger partial charge is 0.251 e. The van der Waals surface area contributed by atoms with Gasteiger partial charge in [-0.25, -0.2) is 4.98 Å². The van der Waals surface area contributed by atoms with Gasteiger partial charge in [0.25, 0.3) is 5.91 Å². The standard InChI is InChI=1S/C26H34N4O4/c1-3-34-24-8-7-20(14-27-24)26(33)11-9-22(10-12-26)30-16-21(17-30)29-23(31)15-28-25(32)19-6-4-5-18(2)13-19/h4-8,13-14,21-22,33H,3,9-12,15-17H2,1-2H3,(H,28,32)(H,29,31). The predicted molar refractivity (Wildman–Crippen MR) is 129 cm³/mol. The monoisotopic (exact) mass is 466 g/mol. The highest BCUT2D eigenvalue weighted by molar-refractivity contribution is 5.96. The summed E-state index contributed by atoms with van der Waals surface area (Å²) < 4.78 is 5.39. The summed E-state index contributed by atoms with van der Waals surface area (Å²) >= 11 is 0. The van der Waals surface area contributed by atoms with Crippen molar-refractivity contribution < 1.29 is 19.4 Å². The van der Waals surface area contributed by atoms with Gasteiger partial charge in [-0.05, 0) is 57.7 Å². The van der Waals surface area contributed by atoms with Crippen molar-refractivity contribution in [3.63, 3.8) is 0 Å². The summed E-state index contributed by atoms with van der Waals surface area (Å²) in [5.74, 6) is 0.158. The highest BCUT2D eigenvalue weighted by Gasteiger charge is 2.40. The van der Waals surface area contributed by atoms with Crippen molar-refractivity contribution in [2.75, 3.05) is 26.2 Å². The summed E-state index contributed by atoms with van der Waals surface area (Å²) in [6.07, 6.45) is 4.89. The minimum Gasteiger partial charge on any atom is -0.478 e. The number of pyridine rings is 1. The Kier molecular flexibility index (Phi) is 7.48. The van der Waals surface area contributed by atoms with Crippen LogP contribution in [0.1, 0.15) is 54.1 Å². The van der Waals surface area contributed by atoms with Crippen LogP contribution in [0.15, 0.2) is 42.6 Å². The zero-order chi connectivity index (χ0) is 24.1. The number of nitrogens with zero attached hydrogens (tertiary/aromatic N) is 2. The first-order valence-corrected chi connectivity index (χ1v) is 12.1. The highest BCUT2D eigenvalue weighted by Crippen LogP contribution is 2.39. The van der Waals surface area contributed by atoms with Gasteiger partial charge in [0.2, 0.25) is 11.8 Å². The molecule has 3 N–H and O–H groups in total. The maximum atomic E-state index is 12.2. The van der Waals surface area contributed by atoms with E-state index in [4.69, 9.17) is 4.74 Å². The van der Waals surface area contributed by atoms with Crippen LogP contribution in [0.4, 0.5) is 0 Å². The number of amides is 2. The van der Waals surface area contributed by atoms with Gasteiger partial charge in [0.15, 0.2) is 0 Å². The van der Waals surface area contributed by atoms with Gasteiger partial charge in [-0.2, -0.15) is 0 Å².